The number of nitrogens with one attached hydrogen (secondary N) is 1. The van der Waals surface area contributed by atoms with E-state index < -0.39 is 0 Å². The van der Waals surface area contributed by atoms with Gasteiger partial charge in [0.25, 0.3) is 0 Å². The quantitative estimate of drug-likeness (QED) is 0.129. The van der Waals surface area contributed by atoms with E-state index in [9.17, 15) is 14.4 Å². The lowest BCUT2D eigenvalue weighted by molar-refractivity contribution is -0.169. The summed E-state index contributed by atoms with van der Waals surface area (Å²) in [6.07, 6.45) is 19.0. The Balaban J connectivity index is 1.63. The molecule has 0 spiro atoms. The zero-order valence-corrected chi connectivity index (χ0v) is 22.3. The summed E-state index contributed by atoms with van der Waals surface area (Å²) in [5.74, 6) is 0.403. The Hall–Kier alpha value is -1.63. The Labute approximate surface area is 211 Å². The molecule has 0 aromatic carbocycles. The van der Waals surface area contributed by atoms with E-state index in [1.54, 1.807) is 7.05 Å². The van der Waals surface area contributed by atoms with E-state index in [1.807, 2.05) is 0 Å². The van der Waals surface area contributed by atoms with E-state index >= 15 is 0 Å². The predicted octanol–water partition coefficient (Wildman–Crippen LogP) is 5.65. The van der Waals surface area contributed by atoms with Crippen molar-refractivity contribution in [3.8, 4) is 0 Å². The van der Waals surface area contributed by atoms with Gasteiger partial charge in [0.15, 0.2) is 0 Å². The van der Waals surface area contributed by atoms with Gasteiger partial charge in [-0.15, -0.1) is 0 Å². The number of hydrogen-bond acceptors (Lipinski definition) is 7. The molecule has 0 amide bonds. The molecule has 0 aromatic rings. The van der Waals surface area contributed by atoms with Gasteiger partial charge in [-0.3, -0.25) is 14.4 Å². The summed E-state index contributed by atoms with van der Waals surface area (Å²) >= 11 is 0. The number of methoxy groups -OCH3 is 2. The zero-order chi connectivity index (χ0) is 25.4. The fourth-order valence-electron chi connectivity index (χ4n) is 8.57. The van der Waals surface area contributed by atoms with E-state index in [4.69, 9.17) is 14.3 Å². The Morgan fingerprint density at radius 1 is 0.657 bits per heavy atom. The second-order valence-corrected chi connectivity index (χ2v) is 12.0. The van der Waals surface area contributed by atoms with Crippen LogP contribution in [0.5, 0.6) is 0 Å². The Bertz CT molecular complexity index is 697. The number of hydroxylamine groups is 1. The molecule has 4 fully saturated rings. The first-order valence-corrected chi connectivity index (χ1v) is 13.8. The van der Waals surface area contributed by atoms with Gasteiger partial charge in [0, 0.05) is 26.3 Å². The minimum atomic E-state index is -0.179. The smallest absolute Gasteiger partial charge is 0.324 e. The fourth-order valence-corrected chi connectivity index (χ4v) is 8.57. The van der Waals surface area contributed by atoms with Crippen LogP contribution in [0.25, 0.3) is 0 Å². The number of carbonyl (C=O) groups is 3. The third-order valence-electron chi connectivity index (χ3n) is 9.10. The first kappa shape index (κ1) is 27.9. The number of carbonyl (C=O) groups excluding carboxylic acids is 3. The molecule has 4 saturated carbocycles. The highest BCUT2D eigenvalue weighted by atomic mass is 16.7. The highest BCUT2D eigenvalue weighted by Crippen LogP contribution is 2.73. The second kappa shape index (κ2) is 12.6. The maximum atomic E-state index is 11.8. The third kappa shape index (κ3) is 7.68. The molecule has 7 heteroatoms. The molecule has 4 rings (SSSR count). The summed E-state index contributed by atoms with van der Waals surface area (Å²) in [6.45, 7) is 0. The Kier molecular flexibility index (Phi) is 10.0. The van der Waals surface area contributed by atoms with Crippen molar-refractivity contribution in [1.82, 2.24) is 5.48 Å². The van der Waals surface area contributed by atoms with Crippen LogP contribution in [0, 0.1) is 22.2 Å². The average molecular weight is 494 g/mol. The summed E-state index contributed by atoms with van der Waals surface area (Å²) in [5, 5.41) is 0. The maximum Gasteiger partial charge on any atom is 0.324 e. The van der Waals surface area contributed by atoms with Gasteiger partial charge >= 0.3 is 17.9 Å². The van der Waals surface area contributed by atoms with E-state index in [0.29, 0.717) is 35.5 Å². The molecule has 1 N–H and O–H groups in total. The molecule has 2 atom stereocenters. The molecule has 200 valence electrons. The topological polar surface area (TPSA) is 90.9 Å². The number of rotatable bonds is 16. The zero-order valence-electron chi connectivity index (χ0n) is 22.3. The van der Waals surface area contributed by atoms with Crippen LogP contribution >= 0.6 is 0 Å². The second-order valence-electron chi connectivity index (χ2n) is 12.0. The van der Waals surface area contributed by atoms with Gasteiger partial charge in [-0.1, -0.05) is 19.3 Å². The molecule has 0 heterocycles. The van der Waals surface area contributed by atoms with Gasteiger partial charge in [-0.05, 0) is 99.2 Å². The minimum Gasteiger partial charge on any atom is -0.469 e. The molecular formula is C28H47NO6. The van der Waals surface area contributed by atoms with Crippen LogP contribution in [0.15, 0.2) is 0 Å². The maximum absolute atomic E-state index is 11.8. The van der Waals surface area contributed by atoms with E-state index in [1.165, 1.54) is 72.0 Å². The van der Waals surface area contributed by atoms with Crippen LogP contribution in [-0.4, -0.2) is 39.2 Å². The minimum absolute atomic E-state index is 0.106. The van der Waals surface area contributed by atoms with E-state index in [-0.39, 0.29) is 17.9 Å². The molecule has 7 nitrogen and oxygen atoms in total. The molecule has 4 aliphatic rings. The molecule has 4 aliphatic carbocycles. The van der Waals surface area contributed by atoms with Crippen molar-refractivity contribution in [3.05, 3.63) is 0 Å². The summed E-state index contributed by atoms with van der Waals surface area (Å²) in [5.41, 5.74) is 3.64. The van der Waals surface area contributed by atoms with Crippen molar-refractivity contribution >= 4 is 17.9 Å². The average Bonchev–Trinajstić information content (AvgIpc) is 2.81. The first-order valence-electron chi connectivity index (χ1n) is 13.8. The van der Waals surface area contributed by atoms with Gasteiger partial charge in [-0.2, -0.15) is 5.48 Å². The highest BCUT2D eigenvalue weighted by Gasteiger charge is 2.61. The van der Waals surface area contributed by atoms with Gasteiger partial charge in [0.1, 0.15) is 0 Å². The fraction of sp³-hybridized carbons (Fsp3) is 0.893. The molecule has 0 radical (unpaired) electrons. The van der Waals surface area contributed by atoms with Gasteiger partial charge < -0.3 is 14.3 Å². The molecular weight excluding hydrogens is 446 g/mol. The Morgan fingerprint density at radius 3 is 1.37 bits per heavy atom. The van der Waals surface area contributed by atoms with Crippen molar-refractivity contribution < 1.29 is 28.7 Å². The summed E-state index contributed by atoms with van der Waals surface area (Å²) in [4.78, 5) is 39.8. The monoisotopic (exact) mass is 493 g/mol. The van der Waals surface area contributed by atoms with Crippen molar-refractivity contribution in [2.24, 2.45) is 22.2 Å². The summed E-state index contributed by atoms with van der Waals surface area (Å²) in [6, 6.07) is 0. The molecule has 0 saturated heterocycles. The van der Waals surface area contributed by atoms with Crippen LogP contribution in [0.4, 0.5) is 0 Å². The van der Waals surface area contributed by atoms with Crippen molar-refractivity contribution in [2.45, 2.75) is 116 Å². The van der Waals surface area contributed by atoms with Crippen LogP contribution in [0.2, 0.25) is 0 Å². The predicted molar refractivity (Wildman–Crippen MR) is 133 cm³/mol. The molecule has 0 aromatic heterocycles. The normalized spacial score (nSPS) is 30.8. The SMILES string of the molecule is CNOC(=O)CCCCC12CC3CC(CCCCC(=O)OC)(CC(CCCCC(=O)OC)(C3)C1)C2. The van der Waals surface area contributed by atoms with Crippen molar-refractivity contribution in [3.63, 3.8) is 0 Å². The lowest BCUT2D eigenvalue weighted by Crippen LogP contribution is -2.56. The standard InChI is InChI=1S/C28H47NO6/c1-29-35-25(32)12-6-9-15-28-18-22-16-26(20-28,13-7-4-10-23(30)33-2)19-27(17-22,21-28)14-8-5-11-24(31)34-3/h22,29H,4-21H2,1-3H3. The largest absolute Gasteiger partial charge is 0.469 e. The molecule has 2 unspecified atom stereocenters. The van der Waals surface area contributed by atoms with Crippen LogP contribution in [-0.2, 0) is 28.7 Å². The van der Waals surface area contributed by atoms with Crippen molar-refractivity contribution in [2.75, 3.05) is 21.3 Å². The summed E-state index contributed by atoms with van der Waals surface area (Å²) < 4.78 is 9.67. The van der Waals surface area contributed by atoms with Crippen LogP contribution in [0.3, 0.4) is 0 Å². The number of unbranched alkanes of at least 4 members (excludes halogenated alkanes) is 3. The van der Waals surface area contributed by atoms with Crippen LogP contribution in [0.1, 0.15) is 116 Å². The van der Waals surface area contributed by atoms with Gasteiger partial charge in [-0.25, -0.2) is 0 Å². The van der Waals surface area contributed by atoms with Crippen LogP contribution < -0.4 is 5.48 Å². The number of ether oxygens (including phenoxy) is 2. The van der Waals surface area contributed by atoms with Gasteiger partial charge in [0.05, 0.1) is 14.2 Å². The summed E-state index contributed by atoms with van der Waals surface area (Å²) in [7, 11) is 4.55. The highest BCUT2D eigenvalue weighted by molar-refractivity contribution is 5.69. The molecule has 0 aliphatic heterocycles. The third-order valence-corrected chi connectivity index (χ3v) is 9.10. The van der Waals surface area contributed by atoms with Gasteiger partial charge in [0.2, 0.25) is 0 Å². The first-order chi connectivity index (χ1) is 16.8. The van der Waals surface area contributed by atoms with Crippen molar-refractivity contribution in [1.29, 1.82) is 0 Å². The molecule has 4 bridgehead atoms. The number of esters is 2. The van der Waals surface area contributed by atoms with E-state index in [0.717, 1.165) is 44.4 Å². The lowest BCUT2D eigenvalue weighted by Gasteiger charge is -2.67. The van der Waals surface area contributed by atoms with E-state index in [2.05, 4.69) is 5.48 Å². The number of hydrogen-bond donors (Lipinski definition) is 1. The molecule has 35 heavy (non-hydrogen) atoms. The lowest BCUT2D eigenvalue weighted by atomic mass is 9.37. The Morgan fingerprint density at radius 2 is 1.03 bits per heavy atom.